The Morgan fingerprint density at radius 2 is 1.32 bits per heavy atom. The van der Waals surface area contributed by atoms with Crippen molar-refractivity contribution in [2.24, 2.45) is 0 Å². The molecule has 0 aliphatic heterocycles. The van der Waals surface area contributed by atoms with Crippen LogP contribution in [0.3, 0.4) is 0 Å². The lowest BCUT2D eigenvalue weighted by molar-refractivity contribution is -0.143. The molecule has 28 heavy (non-hydrogen) atoms. The lowest BCUT2D eigenvalue weighted by Gasteiger charge is -2.31. The molecule has 2 aromatic rings. The average molecular weight is 387 g/mol. The number of phenolic OH excluding ortho intramolecular Hbond substituents is 2. The van der Waals surface area contributed by atoms with Crippen LogP contribution in [0.15, 0.2) is 48.5 Å². The molecule has 0 aliphatic rings. The van der Waals surface area contributed by atoms with Gasteiger partial charge in [-0.25, -0.2) is 4.79 Å². The first kappa shape index (κ1) is 20.8. The van der Waals surface area contributed by atoms with Crippen LogP contribution in [0.4, 0.5) is 0 Å². The summed E-state index contributed by atoms with van der Waals surface area (Å²) in [5.74, 6) is -3.15. The number of carbonyl (C=O) groups excluding carboxylic acids is 1. The lowest BCUT2D eigenvalue weighted by atomic mass is 9.75. The minimum Gasteiger partial charge on any atom is -0.508 e. The molecule has 148 valence electrons. The standard InChI is InChI=1S/C20H21NO7/c1-20(12-2-6-14(22)7-3-12,13-4-8-15(23)9-5-13)19(28)21-16(18(26)27)10-11-17(24)25/h2-9,16,22-23H,10-11H2,1H3,(H,21,28)(H,24,25)(H,26,27)/t16-/m0/s1. The molecule has 0 heterocycles. The van der Waals surface area contributed by atoms with Gasteiger partial charge < -0.3 is 25.7 Å². The number of hydrogen-bond acceptors (Lipinski definition) is 5. The summed E-state index contributed by atoms with van der Waals surface area (Å²) in [6.45, 7) is 1.58. The van der Waals surface area contributed by atoms with Crippen molar-refractivity contribution < 1.29 is 34.8 Å². The van der Waals surface area contributed by atoms with E-state index in [4.69, 9.17) is 5.11 Å². The van der Waals surface area contributed by atoms with Gasteiger partial charge in [0.25, 0.3) is 0 Å². The van der Waals surface area contributed by atoms with Crippen LogP contribution in [0.2, 0.25) is 0 Å². The normalized spacial score (nSPS) is 12.2. The third kappa shape index (κ3) is 4.59. The van der Waals surface area contributed by atoms with Crippen molar-refractivity contribution in [3.63, 3.8) is 0 Å². The fraction of sp³-hybridized carbons (Fsp3) is 0.250. The summed E-state index contributed by atoms with van der Waals surface area (Å²) in [6, 6.07) is 10.4. The van der Waals surface area contributed by atoms with Gasteiger partial charge in [0.1, 0.15) is 17.5 Å². The van der Waals surface area contributed by atoms with Crippen molar-refractivity contribution in [3.8, 4) is 11.5 Å². The van der Waals surface area contributed by atoms with E-state index in [2.05, 4.69) is 5.32 Å². The van der Waals surface area contributed by atoms with Crippen LogP contribution in [0.1, 0.15) is 30.9 Å². The van der Waals surface area contributed by atoms with Gasteiger partial charge in [0, 0.05) is 6.42 Å². The molecule has 1 atom stereocenters. The van der Waals surface area contributed by atoms with E-state index >= 15 is 0 Å². The van der Waals surface area contributed by atoms with Gasteiger partial charge >= 0.3 is 11.9 Å². The highest BCUT2D eigenvalue weighted by atomic mass is 16.4. The van der Waals surface area contributed by atoms with Crippen molar-refractivity contribution in [1.82, 2.24) is 5.32 Å². The van der Waals surface area contributed by atoms with E-state index in [-0.39, 0.29) is 17.9 Å². The predicted molar refractivity (Wildman–Crippen MR) is 99.1 cm³/mol. The fourth-order valence-corrected chi connectivity index (χ4v) is 2.85. The van der Waals surface area contributed by atoms with E-state index in [1.165, 1.54) is 48.5 Å². The minimum absolute atomic E-state index is 0.00193. The number of aromatic hydroxyl groups is 2. The first-order valence-corrected chi connectivity index (χ1v) is 8.49. The van der Waals surface area contributed by atoms with Gasteiger partial charge in [0.05, 0.1) is 5.41 Å². The van der Waals surface area contributed by atoms with Crippen LogP contribution in [-0.2, 0) is 19.8 Å². The molecule has 2 rings (SSSR count). The monoisotopic (exact) mass is 387 g/mol. The van der Waals surface area contributed by atoms with Gasteiger partial charge in [-0.1, -0.05) is 24.3 Å². The zero-order valence-electron chi connectivity index (χ0n) is 15.1. The Hall–Kier alpha value is -3.55. The third-order valence-electron chi connectivity index (χ3n) is 4.59. The second kappa shape index (κ2) is 8.43. The van der Waals surface area contributed by atoms with E-state index in [0.717, 1.165) is 0 Å². The average Bonchev–Trinajstić information content (AvgIpc) is 2.65. The molecule has 0 aromatic heterocycles. The molecule has 1 amide bonds. The third-order valence-corrected chi connectivity index (χ3v) is 4.59. The van der Waals surface area contributed by atoms with E-state index in [9.17, 15) is 29.7 Å². The van der Waals surface area contributed by atoms with Crippen LogP contribution >= 0.6 is 0 Å². The highest BCUT2D eigenvalue weighted by molar-refractivity contribution is 5.94. The summed E-state index contributed by atoms with van der Waals surface area (Å²) in [5.41, 5.74) is -0.384. The van der Waals surface area contributed by atoms with Gasteiger partial charge in [-0.3, -0.25) is 9.59 Å². The van der Waals surface area contributed by atoms with Gasteiger partial charge in [-0.05, 0) is 48.7 Å². The molecular formula is C20H21NO7. The molecule has 0 unspecified atom stereocenters. The molecular weight excluding hydrogens is 366 g/mol. The predicted octanol–water partition coefficient (Wildman–Crippen LogP) is 1.84. The Labute approximate surface area is 161 Å². The minimum atomic E-state index is -1.38. The summed E-state index contributed by atoms with van der Waals surface area (Å²) in [5, 5.41) is 39.6. The molecule has 0 aliphatic carbocycles. The van der Waals surface area contributed by atoms with Crippen LogP contribution in [0, 0.1) is 0 Å². The number of phenols is 2. The number of aliphatic carboxylic acids is 2. The summed E-state index contributed by atoms with van der Waals surface area (Å²) < 4.78 is 0. The SMILES string of the molecule is CC(C(=O)N[C@@H](CCC(=O)O)C(=O)O)(c1ccc(O)cc1)c1ccc(O)cc1. The molecule has 0 spiro atoms. The first-order chi connectivity index (χ1) is 13.1. The molecule has 2 aromatic carbocycles. The molecule has 5 N–H and O–H groups in total. The molecule has 8 nitrogen and oxygen atoms in total. The largest absolute Gasteiger partial charge is 0.508 e. The number of hydrogen-bond donors (Lipinski definition) is 5. The van der Waals surface area contributed by atoms with Gasteiger partial charge in [0.2, 0.25) is 5.91 Å². The second-order valence-corrected chi connectivity index (χ2v) is 6.52. The molecule has 0 saturated carbocycles. The van der Waals surface area contributed by atoms with Crippen molar-refractivity contribution in [1.29, 1.82) is 0 Å². The fourth-order valence-electron chi connectivity index (χ4n) is 2.85. The summed E-state index contributed by atoms with van der Waals surface area (Å²) in [7, 11) is 0. The topological polar surface area (TPSA) is 144 Å². The summed E-state index contributed by atoms with van der Waals surface area (Å²) >= 11 is 0. The smallest absolute Gasteiger partial charge is 0.326 e. The second-order valence-electron chi connectivity index (χ2n) is 6.52. The maximum absolute atomic E-state index is 13.1. The Bertz CT molecular complexity index is 814. The summed E-state index contributed by atoms with van der Waals surface area (Å²) in [4.78, 5) is 35.4. The van der Waals surface area contributed by atoms with Crippen molar-refractivity contribution in [2.75, 3.05) is 0 Å². The molecule has 0 saturated heterocycles. The van der Waals surface area contributed by atoms with E-state index in [1.54, 1.807) is 6.92 Å². The number of carboxylic acid groups (broad SMARTS) is 2. The highest BCUT2D eigenvalue weighted by Crippen LogP contribution is 2.34. The Morgan fingerprint density at radius 1 is 0.893 bits per heavy atom. The Morgan fingerprint density at radius 3 is 1.68 bits per heavy atom. The van der Waals surface area contributed by atoms with Gasteiger partial charge in [-0.2, -0.15) is 0 Å². The van der Waals surface area contributed by atoms with E-state index < -0.39 is 35.7 Å². The maximum Gasteiger partial charge on any atom is 0.326 e. The highest BCUT2D eigenvalue weighted by Gasteiger charge is 2.39. The van der Waals surface area contributed by atoms with Crippen molar-refractivity contribution in [3.05, 3.63) is 59.7 Å². The molecule has 0 bridgehead atoms. The van der Waals surface area contributed by atoms with Crippen molar-refractivity contribution in [2.45, 2.75) is 31.2 Å². The number of benzene rings is 2. The number of carboxylic acids is 2. The Kier molecular flexibility index (Phi) is 6.25. The maximum atomic E-state index is 13.1. The van der Waals surface area contributed by atoms with E-state index in [0.29, 0.717) is 11.1 Å². The molecule has 0 radical (unpaired) electrons. The molecule has 0 fully saturated rings. The zero-order chi connectivity index (χ0) is 20.9. The number of nitrogens with one attached hydrogen (secondary N) is 1. The quantitative estimate of drug-likeness (QED) is 0.465. The van der Waals surface area contributed by atoms with Crippen LogP contribution in [0.25, 0.3) is 0 Å². The van der Waals surface area contributed by atoms with Crippen LogP contribution < -0.4 is 5.32 Å². The number of amides is 1. The van der Waals surface area contributed by atoms with Gasteiger partial charge in [0.15, 0.2) is 0 Å². The first-order valence-electron chi connectivity index (χ1n) is 8.49. The van der Waals surface area contributed by atoms with Crippen molar-refractivity contribution >= 4 is 17.8 Å². The van der Waals surface area contributed by atoms with Crippen LogP contribution in [-0.4, -0.2) is 44.3 Å². The lowest BCUT2D eigenvalue weighted by Crippen LogP contribution is -2.50. The zero-order valence-corrected chi connectivity index (χ0v) is 15.1. The number of carbonyl (C=O) groups is 3. The Balaban J connectivity index is 2.44. The van der Waals surface area contributed by atoms with Gasteiger partial charge in [-0.15, -0.1) is 0 Å². The molecule has 8 heteroatoms. The van der Waals surface area contributed by atoms with Crippen LogP contribution in [0.5, 0.6) is 11.5 Å². The van der Waals surface area contributed by atoms with E-state index in [1.807, 2.05) is 0 Å². The summed E-state index contributed by atoms with van der Waals surface area (Å²) in [6.07, 6.45) is -0.677. The number of rotatable bonds is 8.